The standard InChI is InChI=1S/C12H25N3/c1-2-7-14(8-3-1)9-4-10-15-11-5-13-6-12-15/h13H,1-12H2. The second kappa shape index (κ2) is 6.46. The smallest absolute Gasteiger partial charge is 0.0107 e. The molecule has 0 saturated carbocycles. The summed E-state index contributed by atoms with van der Waals surface area (Å²) in [6.07, 6.45) is 5.66. The predicted molar refractivity (Wildman–Crippen MR) is 64.2 cm³/mol. The topological polar surface area (TPSA) is 18.5 Å². The van der Waals surface area contributed by atoms with E-state index in [1.807, 2.05) is 0 Å². The minimum Gasteiger partial charge on any atom is -0.314 e. The van der Waals surface area contributed by atoms with Gasteiger partial charge in [0.2, 0.25) is 0 Å². The summed E-state index contributed by atoms with van der Waals surface area (Å²) in [5.74, 6) is 0. The highest BCUT2D eigenvalue weighted by Gasteiger charge is 2.11. The monoisotopic (exact) mass is 211 g/mol. The first-order valence-corrected chi connectivity index (χ1v) is 6.60. The maximum atomic E-state index is 3.40. The number of rotatable bonds is 4. The largest absolute Gasteiger partial charge is 0.314 e. The van der Waals surface area contributed by atoms with E-state index in [1.54, 1.807) is 0 Å². The molecule has 0 aromatic carbocycles. The number of hydrogen-bond acceptors (Lipinski definition) is 3. The van der Waals surface area contributed by atoms with E-state index in [-0.39, 0.29) is 0 Å². The van der Waals surface area contributed by atoms with Crippen LogP contribution < -0.4 is 5.32 Å². The third kappa shape index (κ3) is 4.09. The molecule has 15 heavy (non-hydrogen) atoms. The molecule has 2 heterocycles. The summed E-state index contributed by atoms with van der Waals surface area (Å²) in [5.41, 5.74) is 0. The molecule has 0 aliphatic carbocycles. The predicted octanol–water partition coefficient (Wildman–Crippen LogP) is 0.768. The van der Waals surface area contributed by atoms with E-state index in [9.17, 15) is 0 Å². The Bertz CT molecular complexity index is 142. The lowest BCUT2D eigenvalue weighted by Gasteiger charge is -2.30. The quantitative estimate of drug-likeness (QED) is 0.741. The van der Waals surface area contributed by atoms with Crippen molar-refractivity contribution in [1.29, 1.82) is 0 Å². The highest BCUT2D eigenvalue weighted by atomic mass is 15.2. The fourth-order valence-corrected chi connectivity index (χ4v) is 2.64. The first kappa shape index (κ1) is 11.4. The van der Waals surface area contributed by atoms with Gasteiger partial charge in [0.25, 0.3) is 0 Å². The lowest BCUT2D eigenvalue weighted by molar-refractivity contribution is 0.193. The fourth-order valence-electron chi connectivity index (χ4n) is 2.64. The maximum Gasteiger partial charge on any atom is 0.0107 e. The van der Waals surface area contributed by atoms with Gasteiger partial charge in [0.15, 0.2) is 0 Å². The van der Waals surface area contributed by atoms with Gasteiger partial charge in [-0.1, -0.05) is 6.42 Å². The van der Waals surface area contributed by atoms with Crippen molar-refractivity contribution in [2.75, 3.05) is 52.4 Å². The number of nitrogens with one attached hydrogen (secondary N) is 1. The summed E-state index contributed by atoms with van der Waals surface area (Å²) in [6.45, 7) is 10.2. The van der Waals surface area contributed by atoms with E-state index in [2.05, 4.69) is 15.1 Å². The van der Waals surface area contributed by atoms with Gasteiger partial charge in [-0.3, -0.25) is 0 Å². The molecule has 0 radical (unpaired) electrons. The zero-order chi connectivity index (χ0) is 10.3. The van der Waals surface area contributed by atoms with Crippen LogP contribution in [0.1, 0.15) is 25.7 Å². The van der Waals surface area contributed by atoms with E-state index < -0.39 is 0 Å². The molecule has 2 aliphatic rings. The van der Waals surface area contributed by atoms with E-state index in [4.69, 9.17) is 0 Å². The normalized spacial score (nSPS) is 25.6. The van der Waals surface area contributed by atoms with Crippen molar-refractivity contribution in [2.24, 2.45) is 0 Å². The van der Waals surface area contributed by atoms with Crippen molar-refractivity contribution in [3.05, 3.63) is 0 Å². The van der Waals surface area contributed by atoms with E-state index >= 15 is 0 Å². The molecule has 0 amide bonds. The second-order valence-electron chi connectivity index (χ2n) is 4.85. The fraction of sp³-hybridized carbons (Fsp3) is 1.00. The molecular formula is C12H25N3. The maximum absolute atomic E-state index is 3.40. The van der Waals surface area contributed by atoms with Crippen molar-refractivity contribution in [2.45, 2.75) is 25.7 Å². The Morgan fingerprint density at radius 3 is 2.00 bits per heavy atom. The number of piperidine rings is 1. The molecule has 2 fully saturated rings. The molecule has 3 nitrogen and oxygen atoms in total. The van der Waals surface area contributed by atoms with Gasteiger partial charge in [0, 0.05) is 26.2 Å². The molecule has 2 rings (SSSR count). The van der Waals surface area contributed by atoms with Crippen LogP contribution in [0.3, 0.4) is 0 Å². The SMILES string of the molecule is C1CCN(CCCN2CCNCC2)CC1. The molecular weight excluding hydrogens is 186 g/mol. The van der Waals surface area contributed by atoms with Crippen molar-refractivity contribution in [3.8, 4) is 0 Å². The zero-order valence-electron chi connectivity index (χ0n) is 9.88. The molecule has 2 saturated heterocycles. The van der Waals surface area contributed by atoms with Gasteiger partial charge in [-0.05, 0) is 45.4 Å². The van der Waals surface area contributed by atoms with Gasteiger partial charge in [-0.25, -0.2) is 0 Å². The van der Waals surface area contributed by atoms with E-state index in [0.717, 1.165) is 0 Å². The van der Waals surface area contributed by atoms with Crippen molar-refractivity contribution in [3.63, 3.8) is 0 Å². The first-order valence-electron chi connectivity index (χ1n) is 6.60. The zero-order valence-corrected chi connectivity index (χ0v) is 9.88. The molecule has 0 aromatic rings. The van der Waals surface area contributed by atoms with Crippen LogP contribution in [-0.4, -0.2) is 62.2 Å². The summed E-state index contributed by atoms with van der Waals surface area (Å²) in [4.78, 5) is 5.24. The average Bonchev–Trinajstić information content (AvgIpc) is 2.32. The van der Waals surface area contributed by atoms with Crippen molar-refractivity contribution >= 4 is 0 Å². The van der Waals surface area contributed by atoms with Crippen LogP contribution in [0.4, 0.5) is 0 Å². The summed E-state index contributed by atoms with van der Waals surface area (Å²) < 4.78 is 0. The Balaban J connectivity index is 1.53. The van der Waals surface area contributed by atoms with Crippen LogP contribution in [0, 0.1) is 0 Å². The van der Waals surface area contributed by atoms with Crippen LogP contribution in [-0.2, 0) is 0 Å². The lowest BCUT2D eigenvalue weighted by Crippen LogP contribution is -2.44. The minimum atomic E-state index is 1.18. The average molecular weight is 211 g/mol. The molecule has 0 bridgehead atoms. The van der Waals surface area contributed by atoms with Crippen LogP contribution in [0.5, 0.6) is 0 Å². The summed E-state index contributed by atoms with van der Waals surface area (Å²) >= 11 is 0. The number of likely N-dealkylation sites (tertiary alicyclic amines) is 1. The number of nitrogens with zero attached hydrogens (tertiary/aromatic N) is 2. The highest BCUT2D eigenvalue weighted by Crippen LogP contribution is 2.08. The molecule has 0 spiro atoms. The minimum absolute atomic E-state index is 1.18. The van der Waals surface area contributed by atoms with Crippen LogP contribution in [0.2, 0.25) is 0 Å². The molecule has 2 aliphatic heterocycles. The number of hydrogen-bond donors (Lipinski definition) is 1. The van der Waals surface area contributed by atoms with Gasteiger partial charge in [-0.15, -0.1) is 0 Å². The van der Waals surface area contributed by atoms with E-state index in [0.29, 0.717) is 0 Å². The Kier molecular flexibility index (Phi) is 4.90. The van der Waals surface area contributed by atoms with Crippen LogP contribution in [0.15, 0.2) is 0 Å². The highest BCUT2D eigenvalue weighted by molar-refractivity contribution is 4.69. The van der Waals surface area contributed by atoms with Gasteiger partial charge >= 0.3 is 0 Å². The lowest BCUT2D eigenvalue weighted by atomic mass is 10.1. The Morgan fingerprint density at radius 2 is 1.33 bits per heavy atom. The van der Waals surface area contributed by atoms with Crippen LogP contribution >= 0.6 is 0 Å². The molecule has 88 valence electrons. The Morgan fingerprint density at radius 1 is 0.733 bits per heavy atom. The summed E-state index contributed by atoms with van der Waals surface area (Å²) in [5, 5.41) is 3.40. The molecule has 0 unspecified atom stereocenters. The van der Waals surface area contributed by atoms with Crippen molar-refractivity contribution < 1.29 is 0 Å². The molecule has 1 N–H and O–H groups in total. The van der Waals surface area contributed by atoms with Gasteiger partial charge < -0.3 is 15.1 Å². The molecule has 0 aromatic heterocycles. The van der Waals surface area contributed by atoms with Gasteiger partial charge in [0.1, 0.15) is 0 Å². The third-order valence-electron chi connectivity index (χ3n) is 3.61. The Labute approximate surface area is 93.8 Å². The summed E-state index contributed by atoms with van der Waals surface area (Å²) in [7, 11) is 0. The third-order valence-corrected chi connectivity index (χ3v) is 3.61. The number of piperazine rings is 1. The van der Waals surface area contributed by atoms with Gasteiger partial charge in [0.05, 0.1) is 0 Å². The van der Waals surface area contributed by atoms with Crippen LogP contribution in [0.25, 0.3) is 0 Å². The first-order chi connectivity index (χ1) is 7.45. The van der Waals surface area contributed by atoms with Crippen molar-refractivity contribution in [1.82, 2.24) is 15.1 Å². The summed E-state index contributed by atoms with van der Waals surface area (Å²) in [6, 6.07) is 0. The molecule has 0 atom stereocenters. The Hall–Kier alpha value is -0.120. The second-order valence-corrected chi connectivity index (χ2v) is 4.85. The molecule has 3 heteroatoms. The van der Waals surface area contributed by atoms with Gasteiger partial charge in [-0.2, -0.15) is 0 Å². The van der Waals surface area contributed by atoms with E-state index in [1.165, 1.54) is 78.0 Å².